The van der Waals surface area contributed by atoms with Gasteiger partial charge in [0.1, 0.15) is 0 Å². The Kier molecular flexibility index (Phi) is 2.28. The van der Waals surface area contributed by atoms with E-state index in [0.717, 1.165) is 0 Å². The molecular formula is C13H15NO. The fourth-order valence-corrected chi connectivity index (χ4v) is 1.93. The Bertz CT molecular complexity index is 400. The van der Waals surface area contributed by atoms with E-state index in [4.69, 9.17) is 11.3 Å². The second-order valence-electron chi connectivity index (χ2n) is 4.68. The van der Waals surface area contributed by atoms with Crippen molar-refractivity contribution in [2.45, 2.75) is 33.0 Å². The lowest BCUT2D eigenvalue weighted by Crippen LogP contribution is -2.48. The lowest BCUT2D eigenvalue weighted by Gasteiger charge is -2.50. The van der Waals surface area contributed by atoms with Gasteiger partial charge < -0.3 is 4.74 Å². The molecule has 0 aliphatic carbocycles. The van der Waals surface area contributed by atoms with Crippen LogP contribution in [0.5, 0.6) is 0 Å². The Morgan fingerprint density at radius 1 is 1.27 bits per heavy atom. The number of hydrogen-bond donors (Lipinski definition) is 0. The fraction of sp³-hybridized carbons (Fsp3) is 0.462. The summed E-state index contributed by atoms with van der Waals surface area (Å²) >= 11 is 0. The van der Waals surface area contributed by atoms with Gasteiger partial charge in [-0.25, -0.2) is 4.85 Å². The molecular weight excluding hydrogens is 186 g/mol. The SMILES string of the molecule is [C-]#[N+]c1ccc(C2OC(C)C2(C)C)cc1. The molecule has 0 aromatic heterocycles. The second-order valence-corrected chi connectivity index (χ2v) is 4.68. The summed E-state index contributed by atoms with van der Waals surface area (Å²) in [6, 6.07) is 7.69. The maximum Gasteiger partial charge on any atom is 0.187 e. The standard InChI is InChI=1S/C13H15NO/c1-9-13(2,3)12(15-9)10-5-7-11(14-4)8-6-10/h5-9,12H,1-3H3. The topological polar surface area (TPSA) is 13.6 Å². The summed E-state index contributed by atoms with van der Waals surface area (Å²) in [7, 11) is 0. The van der Waals surface area contributed by atoms with Crippen molar-refractivity contribution in [1.82, 2.24) is 0 Å². The highest BCUT2D eigenvalue weighted by molar-refractivity contribution is 5.46. The minimum Gasteiger partial charge on any atom is -0.369 e. The van der Waals surface area contributed by atoms with Gasteiger partial charge in [-0.2, -0.15) is 0 Å². The van der Waals surface area contributed by atoms with Gasteiger partial charge in [0.25, 0.3) is 0 Å². The van der Waals surface area contributed by atoms with Gasteiger partial charge in [0, 0.05) is 5.41 Å². The molecule has 2 heteroatoms. The molecule has 0 N–H and O–H groups in total. The first kappa shape index (κ1) is 10.2. The zero-order valence-corrected chi connectivity index (χ0v) is 9.32. The molecule has 1 aromatic carbocycles. The molecule has 2 atom stereocenters. The molecule has 1 fully saturated rings. The maximum absolute atomic E-state index is 6.88. The molecule has 1 aliphatic heterocycles. The van der Waals surface area contributed by atoms with Crippen LogP contribution in [0.25, 0.3) is 4.85 Å². The Morgan fingerprint density at radius 3 is 2.27 bits per heavy atom. The monoisotopic (exact) mass is 201 g/mol. The van der Waals surface area contributed by atoms with Gasteiger partial charge in [0.2, 0.25) is 0 Å². The van der Waals surface area contributed by atoms with E-state index in [1.165, 1.54) is 5.56 Å². The molecule has 0 amide bonds. The van der Waals surface area contributed by atoms with E-state index >= 15 is 0 Å². The Balaban J connectivity index is 2.22. The van der Waals surface area contributed by atoms with Crippen molar-refractivity contribution in [2.75, 3.05) is 0 Å². The first-order valence-corrected chi connectivity index (χ1v) is 5.18. The van der Waals surface area contributed by atoms with E-state index in [1.807, 2.05) is 24.3 Å². The van der Waals surface area contributed by atoms with Gasteiger partial charge in [-0.15, -0.1) is 0 Å². The average molecular weight is 201 g/mol. The van der Waals surface area contributed by atoms with Crippen molar-refractivity contribution in [3.8, 4) is 0 Å². The van der Waals surface area contributed by atoms with Gasteiger partial charge in [0.15, 0.2) is 5.69 Å². The van der Waals surface area contributed by atoms with Gasteiger partial charge in [0.05, 0.1) is 18.8 Å². The van der Waals surface area contributed by atoms with Crippen LogP contribution in [-0.2, 0) is 4.74 Å². The number of rotatable bonds is 1. The predicted molar refractivity (Wildman–Crippen MR) is 59.8 cm³/mol. The zero-order valence-electron chi connectivity index (χ0n) is 9.32. The number of nitrogens with zero attached hydrogens (tertiary/aromatic N) is 1. The minimum absolute atomic E-state index is 0.173. The predicted octanol–water partition coefficient (Wildman–Crippen LogP) is 3.72. The highest BCUT2D eigenvalue weighted by Crippen LogP contribution is 2.50. The van der Waals surface area contributed by atoms with Crippen LogP contribution in [0, 0.1) is 12.0 Å². The lowest BCUT2D eigenvalue weighted by molar-refractivity contribution is -0.230. The molecule has 2 unspecified atom stereocenters. The van der Waals surface area contributed by atoms with Crippen LogP contribution in [-0.4, -0.2) is 6.10 Å². The summed E-state index contributed by atoms with van der Waals surface area (Å²) in [5, 5.41) is 0. The Labute approximate surface area is 90.7 Å². The number of hydrogen-bond acceptors (Lipinski definition) is 1. The average Bonchev–Trinajstić information content (AvgIpc) is 2.26. The van der Waals surface area contributed by atoms with Gasteiger partial charge in [-0.3, -0.25) is 0 Å². The second kappa shape index (κ2) is 3.36. The summed E-state index contributed by atoms with van der Waals surface area (Å²) in [5.74, 6) is 0. The molecule has 15 heavy (non-hydrogen) atoms. The number of benzene rings is 1. The Hall–Kier alpha value is -1.33. The first-order chi connectivity index (χ1) is 7.05. The van der Waals surface area contributed by atoms with Gasteiger partial charge >= 0.3 is 0 Å². The molecule has 1 saturated heterocycles. The van der Waals surface area contributed by atoms with Gasteiger partial charge in [-0.1, -0.05) is 38.1 Å². The molecule has 0 bridgehead atoms. The fourth-order valence-electron chi connectivity index (χ4n) is 1.93. The maximum atomic E-state index is 6.88. The van der Waals surface area contributed by atoms with Crippen LogP contribution in [0.2, 0.25) is 0 Å². The molecule has 1 heterocycles. The smallest absolute Gasteiger partial charge is 0.187 e. The van der Waals surface area contributed by atoms with Crippen LogP contribution >= 0.6 is 0 Å². The molecule has 0 radical (unpaired) electrons. The molecule has 78 valence electrons. The normalized spacial score (nSPS) is 27.9. The molecule has 0 saturated carbocycles. The van der Waals surface area contributed by atoms with Crippen molar-refractivity contribution in [1.29, 1.82) is 0 Å². The summed E-state index contributed by atoms with van der Waals surface area (Å²) in [5.41, 5.74) is 2.05. The van der Waals surface area contributed by atoms with Crippen LogP contribution in [0.4, 0.5) is 5.69 Å². The van der Waals surface area contributed by atoms with E-state index in [1.54, 1.807) is 0 Å². The van der Waals surface area contributed by atoms with Crippen molar-refractivity contribution in [3.63, 3.8) is 0 Å². The molecule has 2 rings (SSSR count). The lowest BCUT2D eigenvalue weighted by atomic mass is 9.73. The Morgan fingerprint density at radius 2 is 1.87 bits per heavy atom. The van der Waals surface area contributed by atoms with E-state index in [9.17, 15) is 0 Å². The van der Waals surface area contributed by atoms with Crippen molar-refractivity contribution < 1.29 is 4.74 Å². The minimum atomic E-state index is 0.173. The van der Waals surface area contributed by atoms with Crippen LogP contribution in [0.15, 0.2) is 24.3 Å². The quantitative estimate of drug-likeness (QED) is 0.631. The third-order valence-electron chi connectivity index (χ3n) is 3.39. The zero-order chi connectivity index (χ0) is 11.1. The van der Waals surface area contributed by atoms with Crippen molar-refractivity contribution >= 4 is 5.69 Å². The van der Waals surface area contributed by atoms with Crippen LogP contribution < -0.4 is 0 Å². The van der Waals surface area contributed by atoms with E-state index in [-0.39, 0.29) is 11.5 Å². The summed E-state index contributed by atoms with van der Waals surface area (Å²) in [4.78, 5) is 3.38. The van der Waals surface area contributed by atoms with Gasteiger partial charge in [-0.05, 0) is 12.5 Å². The number of ether oxygens (including phenoxy) is 1. The van der Waals surface area contributed by atoms with Crippen molar-refractivity contribution in [2.24, 2.45) is 5.41 Å². The largest absolute Gasteiger partial charge is 0.369 e. The first-order valence-electron chi connectivity index (χ1n) is 5.18. The highest BCUT2D eigenvalue weighted by atomic mass is 16.5. The molecule has 0 spiro atoms. The van der Waals surface area contributed by atoms with Crippen LogP contribution in [0.3, 0.4) is 0 Å². The highest BCUT2D eigenvalue weighted by Gasteiger charge is 2.47. The summed E-state index contributed by atoms with van der Waals surface area (Å²) < 4.78 is 5.74. The molecule has 1 aliphatic rings. The van der Waals surface area contributed by atoms with Crippen molar-refractivity contribution in [3.05, 3.63) is 41.2 Å². The summed E-state index contributed by atoms with van der Waals surface area (Å²) in [6.07, 6.45) is 0.482. The molecule has 1 aromatic rings. The third kappa shape index (κ3) is 1.53. The summed E-state index contributed by atoms with van der Waals surface area (Å²) in [6.45, 7) is 13.4. The molecule has 2 nitrogen and oxygen atoms in total. The van der Waals surface area contributed by atoms with Crippen LogP contribution in [0.1, 0.15) is 32.4 Å². The van der Waals surface area contributed by atoms with E-state index < -0.39 is 0 Å². The third-order valence-corrected chi connectivity index (χ3v) is 3.39. The van der Waals surface area contributed by atoms with E-state index in [0.29, 0.717) is 11.8 Å². The van der Waals surface area contributed by atoms with E-state index in [2.05, 4.69) is 25.6 Å².